The topological polar surface area (TPSA) is 40.6 Å². The fraction of sp³-hybridized carbons (Fsp3) is 0.308. The number of nitrogens with zero attached hydrogens (tertiary/aromatic N) is 2. The first-order chi connectivity index (χ1) is 14.7. The molecule has 2 aromatic carbocycles. The van der Waals surface area contributed by atoms with E-state index in [0.717, 1.165) is 35.0 Å². The summed E-state index contributed by atoms with van der Waals surface area (Å²) in [5.41, 5.74) is 6.61. The molecule has 1 fully saturated rings. The lowest BCUT2D eigenvalue weighted by Gasteiger charge is -2.43. The molecule has 2 aliphatic heterocycles. The Morgan fingerprint density at radius 2 is 1.77 bits per heavy atom. The van der Waals surface area contributed by atoms with Crippen molar-refractivity contribution >= 4 is 40.2 Å². The second-order valence-corrected chi connectivity index (χ2v) is 9.70. The molecule has 2 aliphatic rings. The van der Waals surface area contributed by atoms with Crippen molar-refractivity contribution in [1.82, 2.24) is 4.90 Å². The standard InChI is InChI=1S/C26H28N2O2S/c1-6-28-22-12-17(2)20(13-21(22)18(3)15-26(28,4)5)14-23-24(29)27(25(30)31-23)16-19-10-8-7-9-11-19/h7-15H,6,16H2,1-5H3/b23-14+. The van der Waals surface area contributed by atoms with Crippen LogP contribution in [0.3, 0.4) is 0 Å². The minimum Gasteiger partial charge on any atom is -0.363 e. The highest BCUT2D eigenvalue weighted by atomic mass is 32.2. The second-order valence-electron chi connectivity index (χ2n) is 8.70. The van der Waals surface area contributed by atoms with Gasteiger partial charge in [0.25, 0.3) is 11.1 Å². The molecule has 0 N–H and O–H groups in total. The van der Waals surface area contributed by atoms with Crippen molar-refractivity contribution < 1.29 is 9.59 Å². The number of benzene rings is 2. The predicted molar refractivity (Wildman–Crippen MR) is 130 cm³/mol. The molecule has 5 heteroatoms. The van der Waals surface area contributed by atoms with E-state index in [0.29, 0.717) is 11.4 Å². The molecule has 0 bridgehead atoms. The van der Waals surface area contributed by atoms with Crippen LogP contribution in [-0.4, -0.2) is 28.1 Å². The molecule has 0 unspecified atom stereocenters. The Labute approximate surface area is 188 Å². The van der Waals surface area contributed by atoms with Crippen LogP contribution in [0.2, 0.25) is 0 Å². The lowest BCUT2D eigenvalue weighted by atomic mass is 9.87. The van der Waals surface area contributed by atoms with E-state index >= 15 is 0 Å². The Morgan fingerprint density at radius 3 is 2.45 bits per heavy atom. The summed E-state index contributed by atoms with van der Waals surface area (Å²) in [6.07, 6.45) is 4.17. The number of amides is 2. The Kier molecular flexibility index (Phi) is 5.56. The SMILES string of the molecule is CCN1c2cc(C)c(/C=C3/SC(=O)N(Cc4ccccc4)C3=O)cc2C(C)=CC1(C)C. The molecule has 0 atom stereocenters. The zero-order chi connectivity index (χ0) is 22.3. The van der Waals surface area contributed by atoms with Crippen molar-refractivity contribution in [3.05, 3.63) is 75.7 Å². The van der Waals surface area contributed by atoms with Gasteiger partial charge in [-0.1, -0.05) is 36.4 Å². The van der Waals surface area contributed by atoms with Crippen LogP contribution in [0.15, 0.2) is 53.4 Å². The first-order valence-corrected chi connectivity index (χ1v) is 11.4. The van der Waals surface area contributed by atoms with Gasteiger partial charge in [-0.3, -0.25) is 14.5 Å². The van der Waals surface area contributed by atoms with Crippen molar-refractivity contribution in [2.24, 2.45) is 0 Å². The van der Waals surface area contributed by atoms with Crippen molar-refractivity contribution in [3.8, 4) is 0 Å². The highest BCUT2D eigenvalue weighted by molar-refractivity contribution is 8.18. The number of carbonyl (C=O) groups is 2. The minimum absolute atomic E-state index is 0.0418. The first kappa shape index (κ1) is 21.4. The maximum Gasteiger partial charge on any atom is 0.293 e. The summed E-state index contributed by atoms with van der Waals surface area (Å²) in [6, 6.07) is 14.0. The monoisotopic (exact) mass is 432 g/mol. The average Bonchev–Trinajstić information content (AvgIpc) is 2.97. The number of allylic oxidation sites excluding steroid dienone is 1. The van der Waals surface area contributed by atoms with Crippen molar-refractivity contribution in [2.75, 3.05) is 11.4 Å². The smallest absolute Gasteiger partial charge is 0.293 e. The number of aryl methyl sites for hydroxylation is 1. The van der Waals surface area contributed by atoms with E-state index in [1.54, 1.807) is 0 Å². The fourth-order valence-corrected chi connectivity index (χ4v) is 5.35. The van der Waals surface area contributed by atoms with Gasteiger partial charge in [0.1, 0.15) is 0 Å². The Morgan fingerprint density at radius 1 is 1.06 bits per heavy atom. The number of carbonyl (C=O) groups excluding carboxylic acids is 2. The molecule has 4 rings (SSSR count). The van der Waals surface area contributed by atoms with E-state index in [2.05, 4.69) is 57.7 Å². The van der Waals surface area contributed by atoms with E-state index in [1.807, 2.05) is 36.4 Å². The minimum atomic E-state index is -0.223. The summed E-state index contributed by atoms with van der Waals surface area (Å²) in [4.78, 5) is 29.7. The van der Waals surface area contributed by atoms with Crippen molar-refractivity contribution in [1.29, 1.82) is 0 Å². The summed E-state index contributed by atoms with van der Waals surface area (Å²) < 4.78 is 0. The average molecular weight is 433 g/mol. The quantitative estimate of drug-likeness (QED) is 0.535. The molecule has 0 aromatic heterocycles. The summed E-state index contributed by atoms with van der Waals surface area (Å²) >= 11 is 1.02. The van der Waals surface area contributed by atoms with Crippen LogP contribution in [0.5, 0.6) is 0 Å². The van der Waals surface area contributed by atoms with Gasteiger partial charge in [-0.05, 0) is 86.9 Å². The third kappa shape index (κ3) is 3.94. The molecule has 160 valence electrons. The lowest BCUT2D eigenvalue weighted by Crippen LogP contribution is -2.44. The normalized spacial score (nSPS) is 19.1. The number of fused-ring (bicyclic) bond motifs is 1. The number of imide groups is 1. The lowest BCUT2D eigenvalue weighted by molar-refractivity contribution is -0.123. The highest BCUT2D eigenvalue weighted by Crippen LogP contribution is 2.41. The molecule has 2 aromatic rings. The summed E-state index contributed by atoms with van der Waals surface area (Å²) in [5.74, 6) is -0.223. The van der Waals surface area contributed by atoms with Gasteiger partial charge in [0, 0.05) is 17.8 Å². The molecule has 31 heavy (non-hydrogen) atoms. The maximum absolute atomic E-state index is 13.0. The summed E-state index contributed by atoms with van der Waals surface area (Å²) in [6.45, 7) is 12.1. The van der Waals surface area contributed by atoms with Gasteiger partial charge in [-0.25, -0.2) is 0 Å². The van der Waals surface area contributed by atoms with E-state index in [9.17, 15) is 9.59 Å². The van der Waals surface area contributed by atoms with Crippen LogP contribution in [-0.2, 0) is 11.3 Å². The second kappa shape index (κ2) is 8.04. The van der Waals surface area contributed by atoms with E-state index in [1.165, 1.54) is 21.7 Å². The van der Waals surface area contributed by atoms with Gasteiger partial charge in [0.2, 0.25) is 0 Å². The maximum atomic E-state index is 13.0. The molecule has 2 amide bonds. The summed E-state index contributed by atoms with van der Waals surface area (Å²) in [5, 5.41) is -0.217. The third-order valence-electron chi connectivity index (χ3n) is 6.03. The van der Waals surface area contributed by atoms with Crippen LogP contribution < -0.4 is 4.90 Å². The van der Waals surface area contributed by atoms with E-state index < -0.39 is 0 Å². The van der Waals surface area contributed by atoms with E-state index in [-0.39, 0.29) is 16.7 Å². The zero-order valence-electron chi connectivity index (χ0n) is 18.7. The fourth-order valence-electron chi connectivity index (χ4n) is 4.52. The van der Waals surface area contributed by atoms with Crippen molar-refractivity contribution in [3.63, 3.8) is 0 Å². The van der Waals surface area contributed by atoms with Gasteiger partial charge < -0.3 is 4.90 Å². The highest BCUT2D eigenvalue weighted by Gasteiger charge is 2.35. The molecule has 0 spiro atoms. The zero-order valence-corrected chi connectivity index (χ0v) is 19.5. The van der Waals surface area contributed by atoms with Gasteiger partial charge >= 0.3 is 0 Å². The third-order valence-corrected chi connectivity index (χ3v) is 6.93. The Hall–Kier alpha value is -2.79. The van der Waals surface area contributed by atoms with Crippen LogP contribution in [0.1, 0.15) is 49.9 Å². The van der Waals surface area contributed by atoms with Gasteiger partial charge in [0.05, 0.1) is 17.0 Å². The molecule has 0 saturated carbocycles. The van der Waals surface area contributed by atoms with E-state index in [4.69, 9.17) is 0 Å². The predicted octanol–water partition coefficient (Wildman–Crippen LogP) is 6.25. The Bertz CT molecular complexity index is 1120. The Balaban J connectivity index is 1.68. The molecular formula is C26H28N2O2S. The number of rotatable bonds is 4. The molecular weight excluding hydrogens is 404 g/mol. The first-order valence-electron chi connectivity index (χ1n) is 10.6. The number of hydrogen-bond acceptors (Lipinski definition) is 4. The molecule has 1 saturated heterocycles. The molecule has 2 heterocycles. The van der Waals surface area contributed by atoms with Crippen LogP contribution >= 0.6 is 11.8 Å². The molecule has 0 aliphatic carbocycles. The van der Waals surface area contributed by atoms with Crippen LogP contribution in [0.25, 0.3) is 11.6 Å². The summed E-state index contributed by atoms with van der Waals surface area (Å²) in [7, 11) is 0. The molecule has 4 nitrogen and oxygen atoms in total. The van der Waals surface area contributed by atoms with Gasteiger partial charge in [0.15, 0.2) is 0 Å². The number of anilines is 1. The van der Waals surface area contributed by atoms with Crippen LogP contribution in [0, 0.1) is 6.92 Å². The number of thioether (sulfide) groups is 1. The van der Waals surface area contributed by atoms with Gasteiger partial charge in [-0.2, -0.15) is 0 Å². The largest absolute Gasteiger partial charge is 0.363 e. The van der Waals surface area contributed by atoms with Gasteiger partial charge in [-0.15, -0.1) is 0 Å². The molecule has 0 radical (unpaired) electrons. The number of hydrogen-bond donors (Lipinski definition) is 0. The van der Waals surface area contributed by atoms with Crippen molar-refractivity contribution in [2.45, 2.75) is 46.7 Å². The number of likely N-dealkylation sites (N-methyl/N-ethyl adjacent to an activating group) is 1. The van der Waals surface area contributed by atoms with Crippen LogP contribution in [0.4, 0.5) is 10.5 Å².